The molecule has 1 aromatic heterocycles. The molecule has 4 aromatic rings. The van der Waals surface area contributed by atoms with Crippen LogP contribution in [0.5, 0.6) is 11.5 Å². The average Bonchev–Trinajstić information content (AvgIpc) is 3.40. The SMILES string of the molecule is CCN(CC)c1nc(-c2ccccc2)c(N=Nc2cc(OC)c(N=Nc3c(Cl)cc([N+](=O)[O-])cc3Cl)cc2OC)s1. The second-order valence-corrected chi connectivity index (χ2v) is 10.1. The molecule has 0 saturated carbocycles. The number of nitro groups is 1. The molecule has 0 aliphatic rings. The third-order valence-electron chi connectivity index (χ3n) is 5.88. The van der Waals surface area contributed by atoms with Crippen molar-refractivity contribution < 1.29 is 14.4 Å². The zero-order valence-corrected chi connectivity index (χ0v) is 24.9. The summed E-state index contributed by atoms with van der Waals surface area (Å²) in [5.41, 5.74) is 2.17. The Balaban J connectivity index is 1.72. The van der Waals surface area contributed by atoms with E-state index < -0.39 is 4.92 Å². The van der Waals surface area contributed by atoms with Crippen LogP contribution in [0.25, 0.3) is 11.3 Å². The minimum Gasteiger partial charge on any atom is -0.494 e. The molecule has 11 nitrogen and oxygen atoms in total. The third-order valence-corrected chi connectivity index (χ3v) is 7.45. The molecule has 41 heavy (non-hydrogen) atoms. The Morgan fingerprint density at radius 3 is 1.98 bits per heavy atom. The number of nitrogens with zero attached hydrogens (tertiary/aromatic N) is 7. The van der Waals surface area contributed by atoms with Crippen LogP contribution in [0.3, 0.4) is 0 Å². The predicted octanol–water partition coefficient (Wildman–Crippen LogP) is 9.72. The van der Waals surface area contributed by atoms with Crippen LogP contribution in [0.1, 0.15) is 13.8 Å². The summed E-state index contributed by atoms with van der Waals surface area (Å²) < 4.78 is 11.1. The van der Waals surface area contributed by atoms with Gasteiger partial charge in [0.2, 0.25) is 0 Å². The summed E-state index contributed by atoms with van der Waals surface area (Å²) in [4.78, 5) is 17.5. The maximum Gasteiger partial charge on any atom is 0.272 e. The van der Waals surface area contributed by atoms with Gasteiger partial charge in [-0.05, 0) is 13.8 Å². The minimum absolute atomic E-state index is 0.0211. The van der Waals surface area contributed by atoms with Crippen molar-refractivity contribution >= 4 is 67.4 Å². The van der Waals surface area contributed by atoms with Gasteiger partial charge in [-0.3, -0.25) is 10.1 Å². The molecule has 3 aromatic carbocycles. The fourth-order valence-electron chi connectivity index (χ4n) is 3.76. The maximum absolute atomic E-state index is 11.1. The molecule has 0 aliphatic carbocycles. The van der Waals surface area contributed by atoms with Crippen molar-refractivity contribution in [3.05, 3.63) is 74.8 Å². The average molecular weight is 615 g/mol. The van der Waals surface area contributed by atoms with Crippen LogP contribution in [-0.2, 0) is 0 Å². The Morgan fingerprint density at radius 1 is 0.902 bits per heavy atom. The van der Waals surface area contributed by atoms with Crippen LogP contribution < -0.4 is 14.4 Å². The highest BCUT2D eigenvalue weighted by Crippen LogP contribution is 2.45. The first-order chi connectivity index (χ1) is 19.8. The van der Waals surface area contributed by atoms with E-state index in [0.29, 0.717) is 27.9 Å². The van der Waals surface area contributed by atoms with Gasteiger partial charge in [0, 0.05) is 42.9 Å². The fraction of sp³-hybridized carbons (Fsp3) is 0.222. The number of nitro benzene ring substituents is 1. The van der Waals surface area contributed by atoms with Crippen molar-refractivity contribution in [2.75, 3.05) is 32.2 Å². The standard InChI is InChI=1S/C27H25Cl2N7O4S/c1-5-35(6-2)27-30-24(16-10-8-7-9-11-16)26(41-27)34-32-21-15-22(39-3)20(14-23(21)40-4)31-33-25-18(28)12-17(36(37)38)13-19(25)29/h7-15H,5-6H2,1-4H3. The fourth-order valence-corrected chi connectivity index (χ4v) is 5.35. The first-order valence-corrected chi connectivity index (χ1v) is 13.9. The van der Waals surface area contributed by atoms with Gasteiger partial charge in [-0.2, -0.15) is 0 Å². The van der Waals surface area contributed by atoms with Crippen LogP contribution >= 0.6 is 34.5 Å². The Hall–Kier alpha value is -4.13. The summed E-state index contributed by atoms with van der Waals surface area (Å²) in [6.07, 6.45) is 0. The van der Waals surface area contributed by atoms with Crippen molar-refractivity contribution in [3.63, 3.8) is 0 Å². The van der Waals surface area contributed by atoms with Crippen LogP contribution in [0, 0.1) is 10.1 Å². The van der Waals surface area contributed by atoms with Crippen molar-refractivity contribution in [1.29, 1.82) is 0 Å². The second kappa shape index (κ2) is 13.5. The largest absolute Gasteiger partial charge is 0.494 e. The molecule has 0 fully saturated rings. The molecular weight excluding hydrogens is 589 g/mol. The lowest BCUT2D eigenvalue weighted by molar-refractivity contribution is -0.384. The van der Waals surface area contributed by atoms with Gasteiger partial charge >= 0.3 is 0 Å². The van der Waals surface area contributed by atoms with Crippen molar-refractivity contribution in [1.82, 2.24) is 4.98 Å². The van der Waals surface area contributed by atoms with Crippen molar-refractivity contribution in [2.24, 2.45) is 20.5 Å². The lowest BCUT2D eigenvalue weighted by Gasteiger charge is -2.16. The molecule has 0 radical (unpaired) electrons. The molecule has 1 heterocycles. The van der Waals surface area contributed by atoms with E-state index in [1.54, 1.807) is 12.1 Å². The first-order valence-electron chi connectivity index (χ1n) is 12.3. The molecule has 0 spiro atoms. The number of thiazole rings is 1. The van der Waals surface area contributed by atoms with Crippen LogP contribution in [-0.4, -0.2) is 37.2 Å². The number of hydrogen-bond donors (Lipinski definition) is 0. The van der Waals surface area contributed by atoms with Gasteiger partial charge < -0.3 is 14.4 Å². The van der Waals surface area contributed by atoms with Gasteiger partial charge in [-0.1, -0.05) is 64.9 Å². The van der Waals surface area contributed by atoms with E-state index in [1.165, 1.54) is 25.6 Å². The Bertz CT molecular complexity index is 1590. The van der Waals surface area contributed by atoms with Gasteiger partial charge in [-0.15, -0.1) is 20.5 Å². The van der Waals surface area contributed by atoms with Crippen molar-refractivity contribution in [3.8, 4) is 22.8 Å². The van der Waals surface area contributed by atoms with Gasteiger partial charge in [0.05, 0.1) is 29.2 Å². The monoisotopic (exact) mass is 613 g/mol. The lowest BCUT2D eigenvalue weighted by atomic mass is 10.2. The highest BCUT2D eigenvalue weighted by molar-refractivity contribution is 7.19. The number of methoxy groups -OCH3 is 2. The van der Waals surface area contributed by atoms with Crippen LogP contribution in [0.2, 0.25) is 10.0 Å². The van der Waals surface area contributed by atoms with Crippen LogP contribution in [0.15, 0.2) is 75.1 Å². The summed E-state index contributed by atoms with van der Waals surface area (Å²) in [6.45, 7) is 5.78. The molecule has 212 valence electrons. The minimum atomic E-state index is -0.598. The molecular formula is C27H25Cl2N7O4S. The molecule has 14 heteroatoms. The summed E-state index contributed by atoms with van der Waals surface area (Å²) in [5.74, 6) is 0.688. The molecule has 0 amide bonds. The molecule has 0 saturated heterocycles. The summed E-state index contributed by atoms with van der Waals surface area (Å²) >= 11 is 13.8. The Labute approximate surface area is 250 Å². The summed E-state index contributed by atoms with van der Waals surface area (Å²) in [7, 11) is 2.97. The number of non-ortho nitro benzene ring substituents is 1. The second-order valence-electron chi connectivity index (χ2n) is 8.30. The number of rotatable bonds is 11. The van der Waals surface area contributed by atoms with E-state index in [4.69, 9.17) is 37.7 Å². The molecule has 0 bridgehead atoms. The van der Waals surface area contributed by atoms with Gasteiger partial charge in [0.1, 0.15) is 34.3 Å². The highest BCUT2D eigenvalue weighted by Gasteiger charge is 2.18. The van der Waals surface area contributed by atoms with E-state index in [-0.39, 0.29) is 21.4 Å². The Morgan fingerprint density at radius 2 is 1.46 bits per heavy atom. The molecule has 0 atom stereocenters. The number of halogens is 2. The molecule has 0 unspecified atom stereocenters. The number of aromatic nitrogens is 1. The highest BCUT2D eigenvalue weighted by atomic mass is 35.5. The predicted molar refractivity (Wildman–Crippen MR) is 162 cm³/mol. The van der Waals surface area contributed by atoms with Crippen molar-refractivity contribution in [2.45, 2.75) is 13.8 Å². The number of anilines is 1. The van der Waals surface area contributed by atoms with E-state index >= 15 is 0 Å². The maximum atomic E-state index is 11.1. The number of azo groups is 2. The van der Waals surface area contributed by atoms with E-state index in [1.807, 2.05) is 30.3 Å². The van der Waals surface area contributed by atoms with E-state index in [2.05, 4.69) is 39.2 Å². The topological polar surface area (TPSA) is 127 Å². The first kappa shape index (κ1) is 29.8. The summed E-state index contributed by atoms with van der Waals surface area (Å²) in [6, 6.07) is 15.3. The quantitative estimate of drug-likeness (QED) is 0.0940. The van der Waals surface area contributed by atoms with Gasteiger partial charge in [0.15, 0.2) is 10.1 Å². The van der Waals surface area contributed by atoms with Gasteiger partial charge in [0.25, 0.3) is 5.69 Å². The molecule has 0 N–H and O–H groups in total. The van der Waals surface area contributed by atoms with Crippen LogP contribution in [0.4, 0.5) is 32.9 Å². The Kier molecular flexibility index (Phi) is 9.82. The third kappa shape index (κ3) is 6.79. The van der Waals surface area contributed by atoms with E-state index in [9.17, 15) is 10.1 Å². The number of ether oxygens (including phenoxy) is 2. The number of hydrogen-bond acceptors (Lipinski definition) is 11. The van der Waals surface area contributed by atoms with Gasteiger partial charge in [-0.25, -0.2) is 4.98 Å². The molecule has 0 aliphatic heterocycles. The zero-order chi connectivity index (χ0) is 29.5. The molecule has 4 rings (SSSR count). The summed E-state index contributed by atoms with van der Waals surface area (Å²) in [5, 5.41) is 29.8. The number of benzene rings is 3. The van der Waals surface area contributed by atoms with E-state index in [0.717, 1.165) is 41.6 Å². The zero-order valence-electron chi connectivity index (χ0n) is 22.5. The lowest BCUT2D eigenvalue weighted by Crippen LogP contribution is -2.21. The normalized spacial score (nSPS) is 11.4. The smallest absolute Gasteiger partial charge is 0.272 e.